The highest BCUT2D eigenvalue weighted by atomic mass is 14.0. The highest BCUT2D eigenvalue weighted by Gasteiger charge is 1.94. The van der Waals surface area contributed by atoms with Crippen molar-refractivity contribution < 1.29 is 0 Å². The number of aryl methyl sites for hydroxylation is 1. The molecule has 1 aromatic carbocycles. The summed E-state index contributed by atoms with van der Waals surface area (Å²) in [5.74, 6) is 0. The summed E-state index contributed by atoms with van der Waals surface area (Å²) < 4.78 is 0. The highest BCUT2D eigenvalue weighted by molar-refractivity contribution is 5.25. The van der Waals surface area contributed by atoms with Crippen molar-refractivity contribution in [3.05, 3.63) is 72.4 Å². The van der Waals surface area contributed by atoms with Gasteiger partial charge in [-0.15, -0.1) is 0 Å². The zero-order valence-corrected chi connectivity index (χ0v) is 9.32. The predicted octanol–water partition coefficient (Wildman–Crippen LogP) is 4.31. The molecule has 0 heterocycles. The van der Waals surface area contributed by atoms with Crippen LogP contribution in [0.2, 0.25) is 0 Å². The molecule has 0 unspecified atom stereocenters. The molecule has 0 aromatic heterocycles. The summed E-state index contributed by atoms with van der Waals surface area (Å²) in [6, 6.07) is 10.6. The van der Waals surface area contributed by atoms with Gasteiger partial charge in [-0.25, -0.2) is 0 Å². The minimum Gasteiger partial charge on any atom is -0.0991 e. The van der Waals surface area contributed by atoms with Gasteiger partial charge in [0.1, 0.15) is 0 Å². The molecule has 0 aliphatic rings. The molecular formula is C15H18. The van der Waals surface area contributed by atoms with Gasteiger partial charge >= 0.3 is 0 Å². The average Bonchev–Trinajstić information content (AvgIpc) is 2.28. The normalized spacial score (nSPS) is 11.9. The van der Waals surface area contributed by atoms with E-state index in [2.05, 4.69) is 55.1 Å². The molecule has 0 bridgehead atoms. The second-order valence-electron chi connectivity index (χ2n) is 3.46. The van der Waals surface area contributed by atoms with E-state index in [1.54, 1.807) is 0 Å². The standard InChI is InChI=1S/C15H18/c1-3-8-14(9-4-2)12-13-15-10-6-5-7-11-15/h3-11H,1,12-13H2,2H3/b9-4-,14-8+. The van der Waals surface area contributed by atoms with Gasteiger partial charge in [0.05, 0.1) is 0 Å². The Bertz CT molecular complexity index is 342. The van der Waals surface area contributed by atoms with Crippen molar-refractivity contribution in [3.8, 4) is 0 Å². The fraction of sp³-hybridized carbons (Fsp3) is 0.200. The summed E-state index contributed by atoms with van der Waals surface area (Å²) in [4.78, 5) is 0. The molecule has 0 saturated carbocycles. The Morgan fingerprint density at radius 1 is 1.27 bits per heavy atom. The van der Waals surface area contributed by atoms with Crippen molar-refractivity contribution >= 4 is 0 Å². The molecule has 0 N–H and O–H groups in total. The Balaban J connectivity index is 2.55. The largest absolute Gasteiger partial charge is 0.0991 e. The van der Waals surface area contributed by atoms with Crippen molar-refractivity contribution in [2.45, 2.75) is 19.8 Å². The molecule has 0 spiro atoms. The lowest BCUT2D eigenvalue weighted by atomic mass is 10.0. The van der Waals surface area contributed by atoms with Gasteiger partial charge in [0.2, 0.25) is 0 Å². The number of hydrogen-bond donors (Lipinski definition) is 0. The number of hydrogen-bond acceptors (Lipinski definition) is 0. The van der Waals surface area contributed by atoms with Gasteiger partial charge in [-0.1, -0.05) is 61.2 Å². The minimum absolute atomic E-state index is 1.07. The van der Waals surface area contributed by atoms with Gasteiger partial charge < -0.3 is 0 Å². The molecule has 0 aliphatic heterocycles. The van der Waals surface area contributed by atoms with E-state index in [0.29, 0.717) is 0 Å². The Labute approximate surface area is 92.6 Å². The summed E-state index contributed by atoms with van der Waals surface area (Å²) in [6.07, 6.45) is 10.3. The SMILES string of the molecule is C=C/C=C(\C=C/C)CCc1ccccc1. The van der Waals surface area contributed by atoms with Crippen molar-refractivity contribution in [3.63, 3.8) is 0 Å². The van der Waals surface area contributed by atoms with E-state index >= 15 is 0 Å². The minimum atomic E-state index is 1.07. The molecule has 0 heteroatoms. The van der Waals surface area contributed by atoms with Crippen LogP contribution in [0, 0.1) is 0 Å². The molecule has 15 heavy (non-hydrogen) atoms. The van der Waals surface area contributed by atoms with Crippen LogP contribution in [0.1, 0.15) is 18.9 Å². The van der Waals surface area contributed by atoms with Crippen LogP contribution in [0.4, 0.5) is 0 Å². The monoisotopic (exact) mass is 198 g/mol. The molecule has 0 atom stereocenters. The Kier molecular flexibility index (Phi) is 5.24. The van der Waals surface area contributed by atoms with Crippen molar-refractivity contribution in [2.24, 2.45) is 0 Å². The van der Waals surface area contributed by atoms with Crippen LogP contribution in [0.25, 0.3) is 0 Å². The maximum absolute atomic E-state index is 3.73. The number of rotatable bonds is 5. The second kappa shape index (κ2) is 6.83. The highest BCUT2D eigenvalue weighted by Crippen LogP contribution is 2.10. The summed E-state index contributed by atoms with van der Waals surface area (Å²) in [6.45, 7) is 5.77. The Morgan fingerprint density at radius 3 is 2.60 bits per heavy atom. The lowest BCUT2D eigenvalue weighted by molar-refractivity contribution is 0.965. The first kappa shape index (κ1) is 11.5. The third-order valence-corrected chi connectivity index (χ3v) is 2.26. The first-order valence-corrected chi connectivity index (χ1v) is 5.35. The Morgan fingerprint density at radius 2 is 2.00 bits per heavy atom. The first-order valence-electron chi connectivity index (χ1n) is 5.35. The lowest BCUT2D eigenvalue weighted by Gasteiger charge is -2.02. The fourth-order valence-electron chi connectivity index (χ4n) is 1.52. The first-order chi connectivity index (χ1) is 7.36. The maximum Gasteiger partial charge on any atom is -0.0238 e. The fourth-order valence-corrected chi connectivity index (χ4v) is 1.52. The molecule has 0 fully saturated rings. The molecule has 1 rings (SSSR count). The van der Waals surface area contributed by atoms with Crippen molar-refractivity contribution in [1.29, 1.82) is 0 Å². The van der Waals surface area contributed by atoms with Crippen LogP contribution in [0.5, 0.6) is 0 Å². The molecular weight excluding hydrogens is 180 g/mol. The smallest absolute Gasteiger partial charge is 0.0238 e. The van der Waals surface area contributed by atoms with E-state index in [9.17, 15) is 0 Å². The number of benzene rings is 1. The van der Waals surface area contributed by atoms with Gasteiger partial charge in [0.25, 0.3) is 0 Å². The molecule has 78 valence electrons. The molecule has 0 saturated heterocycles. The summed E-state index contributed by atoms with van der Waals surface area (Å²) in [7, 11) is 0. The summed E-state index contributed by atoms with van der Waals surface area (Å²) in [5.41, 5.74) is 2.72. The zero-order valence-electron chi connectivity index (χ0n) is 9.32. The van der Waals surface area contributed by atoms with Crippen molar-refractivity contribution in [1.82, 2.24) is 0 Å². The average molecular weight is 198 g/mol. The molecule has 0 aliphatic carbocycles. The van der Waals surface area contributed by atoms with Gasteiger partial charge in [0, 0.05) is 0 Å². The lowest BCUT2D eigenvalue weighted by Crippen LogP contribution is -1.86. The maximum atomic E-state index is 3.73. The molecule has 0 radical (unpaired) electrons. The van der Waals surface area contributed by atoms with E-state index < -0.39 is 0 Å². The van der Waals surface area contributed by atoms with Gasteiger partial charge in [0.15, 0.2) is 0 Å². The Hall–Kier alpha value is -1.56. The summed E-state index contributed by atoms with van der Waals surface area (Å²) in [5, 5.41) is 0. The third kappa shape index (κ3) is 4.46. The van der Waals surface area contributed by atoms with Gasteiger partial charge in [-0.2, -0.15) is 0 Å². The van der Waals surface area contributed by atoms with Crippen LogP contribution in [0.3, 0.4) is 0 Å². The van der Waals surface area contributed by atoms with E-state index in [4.69, 9.17) is 0 Å². The van der Waals surface area contributed by atoms with E-state index in [-0.39, 0.29) is 0 Å². The van der Waals surface area contributed by atoms with Gasteiger partial charge in [-0.05, 0) is 30.9 Å². The molecule has 0 amide bonds. The van der Waals surface area contributed by atoms with Crippen LogP contribution >= 0.6 is 0 Å². The second-order valence-corrected chi connectivity index (χ2v) is 3.46. The quantitative estimate of drug-likeness (QED) is 0.618. The zero-order chi connectivity index (χ0) is 10.9. The van der Waals surface area contributed by atoms with Gasteiger partial charge in [-0.3, -0.25) is 0 Å². The van der Waals surface area contributed by atoms with Crippen LogP contribution in [0.15, 0.2) is 66.8 Å². The van der Waals surface area contributed by atoms with E-state index in [1.807, 2.05) is 13.0 Å². The van der Waals surface area contributed by atoms with Crippen LogP contribution < -0.4 is 0 Å². The predicted molar refractivity (Wildman–Crippen MR) is 67.9 cm³/mol. The molecule has 1 aromatic rings. The molecule has 0 nitrogen and oxygen atoms in total. The van der Waals surface area contributed by atoms with E-state index in [0.717, 1.165) is 12.8 Å². The van der Waals surface area contributed by atoms with Crippen molar-refractivity contribution in [2.75, 3.05) is 0 Å². The third-order valence-electron chi connectivity index (χ3n) is 2.26. The van der Waals surface area contributed by atoms with E-state index in [1.165, 1.54) is 11.1 Å². The number of allylic oxidation sites excluding steroid dienone is 5. The topological polar surface area (TPSA) is 0 Å². The van der Waals surface area contributed by atoms with Crippen LogP contribution in [-0.4, -0.2) is 0 Å². The summed E-state index contributed by atoms with van der Waals surface area (Å²) >= 11 is 0. The van der Waals surface area contributed by atoms with Crippen LogP contribution in [-0.2, 0) is 6.42 Å².